The summed E-state index contributed by atoms with van der Waals surface area (Å²) in [5.41, 5.74) is 1.07. The van der Waals surface area contributed by atoms with Crippen LogP contribution in [0.2, 0.25) is 0 Å². The zero-order valence-electron chi connectivity index (χ0n) is 17.5. The Hall–Kier alpha value is -3.38. The number of hydrogen-bond acceptors (Lipinski definition) is 8. The zero-order valence-corrected chi connectivity index (χ0v) is 19.2. The van der Waals surface area contributed by atoms with Crippen LogP contribution in [0.4, 0.5) is 0 Å². The molecule has 33 heavy (non-hydrogen) atoms. The summed E-state index contributed by atoms with van der Waals surface area (Å²) in [6, 6.07) is 16.2. The van der Waals surface area contributed by atoms with Gasteiger partial charge in [-0.3, -0.25) is 9.59 Å². The number of benzene rings is 3. The van der Waals surface area contributed by atoms with E-state index in [4.69, 9.17) is 8.57 Å². The molecule has 11 heteroatoms. The van der Waals surface area contributed by atoms with Crippen LogP contribution < -0.4 is 0 Å². The lowest BCUT2D eigenvalue weighted by Crippen LogP contribution is -2.36. The lowest BCUT2D eigenvalue weighted by Gasteiger charge is -2.20. The fourth-order valence-electron chi connectivity index (χ4n) is 2.65. The normalized spacial score (nSPS) is 11.7. The third-order valence-electron chi connectivity index (χ3n) is 4.43. The third kappa shape index (κ3) is 5.71. The Morgan fingerprint density at radius 1 is 0.727 bits per heavy atom. The summed E-state index contributed by atoms with van der Waals surface area (Å²) < 4.78 is 60.6. The van der Waals surface area contributed by atoms with Crippen molar-refractivity contribution in [3.05, 3.63) is 95.1 Å². The first-order valence-corrected chi connectivity index (χ1v) is 12.3. The average molecular weight is 490 g/mol. The Labute approximate surface area is 191 Å². The zero-order chi connectivity index (χ0) is 24.2. The number of hydroxylamine groups is 2. The molecule has 0 heterocycles. The van der Waals surface area contributed by atoms with Crippen molar-refractivity contribution in [2.75, 3.05) is 0 Å². The Morgan fingerprint density at radius 3 is 1.58 bits per heavy atom. The van der Waals surface area contributed by atoms with Gasteiger partial charge in [0.25, 0.3) is 0 Å². The predicted molar refractivity (Wildman–Crippen MR) is 117 cm³/mol. The fraction of sp³-hybridized carbons (Fsp3) is 0.0909. The monoisotopic (exact) mass is 489 g/mol. The van der Waals surface area contributed by atoms with Crippen LogP contribution in [0.1, 0.15) is 31.8 Å². The van der Waals surface area contributed by atoms with Gasteiger partial charge < -0.3 is 0 Å². The quantitative estimate of drug-likeness (QED) is 0.349. The molecule has 3 aromatic carbocycles. The van der Waals surface area contributed by atoms with Gasteiger partial charge in [0, 0.05) is 5.56 Å². The third-order valence-corrected chi connectivity index (χ3v) is 6.80. The smallest absolute Gasteiger partial charge is 0.298 e. The summed E-state index contributed by atoms with van der Waals surface area (Å²) in [5.74, 6) is -1.32. The van der Waals surface area contributed by atoms with Gasteiger partial charge in [-0.2, -0.15) is 16.8 Å². The summed E-state index contributed by atoms with van der Waals surface area (Å²) in [6.07, 6.45) is 0.356. The van der Waals surface area contributed by atoms with Gasteiger partial charge in [-0.15, -0.1) is 8.57 Å². The van der Waals surface area contributed by atoms with Crippen molar-refractivity contribution in [2.24, 2.45) is 0 Å². The van der Waals surface area contributed by atoms with Gasteiger partial charge in [0.1, 0.15) is 0 Å². The Morgan fingerprint density at radius 2 is 1.15 bits per heavy atom. The largest absolute Gasteiger partial charge is 0.319 e. The van der Waals surface area contributed by atoms with Gasteiger partial charge in [0.2, 0.25) is 0 Å². The van der Waals surface area contributed by atoms with Crippen LogP contribution in [0, 0.1) is 13.8 Å². The van der Waals surface area contributed by atoms with Crippen LogP contribution in [0.25, 0.3) is 0 Å². The van der Waals surface area contributed by atoms with Crippen LogP contribution in [0.15, 0.2) is 82.6 Å². The van der Waals surface area contributed by atoms with Crippen molar-refractivity contribution in [3.63, 3.8) is 0 Å². The summed E-state index contributed by atoms with van der Waals surface area (Å²) in [4.78, 5) is 23.7. The first kappa shape index (κ1) is 24.3. The van der Waals surface area contributed by atoms with Crippen LogP contribution in [-0.2, 0) is 28.8 Å². The fourth-order valence-corrected chi connectivity index (χ4v) is 4.35. The highest BCUT2D eigenvalue weighted by atomic mass is 32.2. The van der Waals surface area contributed by atoms with E-state index in [0.29, 0.717) is 6.29 Å². The van der Waals surface area contributed by atoms with E-state index in [2.05, 4.69) is 0 Å². The second kappa shape index (κ2) is 9.63. The Kier molecular flexibility index (Phi) is 7.08. The second-order valence-electron chi connectivity index (χ2n) is 6.95. The Balaban J connectivity index is 2.04. The molecule has 3 rings (SSSR count). The molecule has 0 aliphatic carbocycles. The molecule has 3 aromatic rings. The topological polar surface area (TPSA) is 124 Å². The van der Waals surface area contributed by atoms with Crippen molar-refractivity contribution in [1.82, 2.24) is 5.23 Å². The van der Waals surface area contributed by atoms with E-state index >= 15 is 0 Å². The standard InChI is InChI=1S/C22H19NO8S2/c1-16-7-11-19(12-8-16)32(26,27)30-23(22(25)21-6-4-3-5-18(21)15-24)31-33(28,29)20-13-9-17(2)10-14-20/h3-15H,1-2H3. The van der Waals surface area contributed by atoms with E-state index in [1.54, 1.807) is 13.8 Å². The molecule has 0 aromatic heterocycles. The van der Waals surface area contributed by atoms with Gasteiger partial charge in [0.15, 0.2) is 6.29 Å². The molecule has 9 nitrogen and oxygen atoms in total. The first-order valence-electron chi connectivity index (χ1n) is 9.45. The molecule has 0 saturated heterocycles. The average Bonchev–Trinajstić information content (AvgIpc) is 2.78. The molecule has 0 atom stereocenters. The minimum atomic E-state index is -4.68. The molecule has 0 unspecified atom stereocenters. The molecule has 1 amide bonds. The molecular formula is C22H19NO8S2. The lowest BCUT2D eigenvalue weighted by molar-refractivity contribution is -0.203. The minimum Gasteiger partial charge on any atom is -0.298 e. The van der Waals surface area contributed by atoms with Crippen molar-refractivity contribution in [2.45, 2.75) is 23.6 Å². The van der Waals surface area contributed by atoms with Crippen LogP contribution in [0.3, 0.4) is 0 Å². The molecule has 0 N–H and O–H groups in total. The van der Waals surface area contributed by atoms with E-state index in [1.165, 1.54) is 72.8 Å². The van der Waals surface area contributed by atoms with E-state index < -0.39 is 26.1 Å². The van der Waals surface area contributed by atoms with E-state index in [9.17, 15) is 26.4 Å². The van der Waals surface area contributed by atoms with Gasteiger partial charge in [0.05, 0.1) is 15.4 Å². The van der Waals surface area contributed by atoms with Crippen molar-refractivity contribution in [3.8, 4) is 0 Å². The number of rotatable bonds is 8. The van der Waals surface area contributed by atoms with Crippen molar-refractivity contribution >= 4 is 32.4 Å². The van der Waals surface area contributed by atoms with Crippen LogP contribution >= 0.6 is 0 Å². The molecule has 0 aliphatic heterocycles. The summed E-state index contributed by atoms with van der Waals surface area (Å²) >= 11 is 0. The highest BCUT2D eigenvalue weighted by molar-refractivity contribution is 7.87. The maximum atomic E-state index is 13.0. The number of amides is 1. The van der Waals surface area contributed by atoms with Crippen LogP contribution in [0.5, 0.6) is 0 Å². The molecule has 0 spiro atoms. The van der Waals surface area contributed by atoms with E-state index in [0.717, 1.165) is 11.1 Å². The highest BCUT2D eigenvalue weighted by Gasteiger charge is 2.33. The molecule has 172 valence electrons. The maximum Gasteiger partial charge on any atom is 0.319 e. The molecule has 0 radical (unpaired) electrons. The number of aldehydes is 1. The molecular weight excluding hydrogens is 470 g/mol. The lowest BCUT2D eigenvalue weighted by atomic mass is 10.1. The summed E-state index contributed by atoms with van der Waals surface area (Å²) in [5, 5.41) is -0.257. The van der Waals surface area contributed by atoms with Crippen molar-refractivity contribution < 1.29 is 35.0 Å². The molecule has 0 bridgehead atoms. The highest BCUT2D eigenvalue weighted by Crippen LogP contribution is 2.22. The van der Waals surface area contributed by atoms with Gasteiger partial charge in [-0.05, 0) is 49.4 Å². The van der Waals surface area contributed by atoms with Crippen LogP contribution in [-0.4, -0.2) is 34.3 Å². The number of nitrogens with zero attached hydrogens (tertiary/aromatic N) is 1. The number of carbonyl (C=O) groups is 2. The first-order chi connectivity index (χ1) is 15.5. The van der Waals surface area contributed by atoms with Crippen molar-refractivity contribution in [1.29, 1.82) is 0 Å². The molecule has 0 aliphatic rings. The van der Waals surface area contributed by atoms with E-state index in [1.807, 2.05) is 0 Å². The SMILES string of the molecule is Cc1ccc(S(=O)(=O)ON(OS(=O)(=O)c2ccc(C)cc2)C(=O)c2ccccc2C=O)cc1. The number of carbonyl (C=O) groups excluding carboxylic acids is 2. The van der Waals surface area contributed by atoms with Gasteiger partial charge in [-0.25, -0.2) is 0 Å². The minimum absolute atomic E-state index is 0.125. The summed E-state index contributed by atoms with van der Waals surface area (Å²) in [7, 11) is -9.37. The maximum absolute atomic E-state index is 13.0. The predicted octanol–water partition coefficient (Wildman–Crippen LogP) is 3.20. The summed E-state index contributed by atoms with van der Waals surface area (Å²) in [6.45, 7) is 3.47. The molecule has 0 fully saturated rings. The number of aryl methyl sites for hydroxylation is 2. The second-order valence-corrected chi connectivity index (χ2v) is 10.0. The van der Waals surface area contributed by atoms with Gasteiger partial charge >= 0.3 is 26.1 Å². The number of hydrogen-bond donors (Lipinski definition) is 0. The van der Waals surface area contributed by atoms with E-state index in [-0.39, 0.29) is 26.1 Å². The van der Waals surface area contributed by atoms with Gasteiger partial charge in [-0.1, -0.05) is 53.6 Å². The molecule has 0 saturated carbocycles. The Bertz CT molecular complexity index is 1300.